The number of rotatable bonds is 5. The zero-order valence-electron chi connectivity index (χ0n) is 10.4. The lowest BCUT2D eigenvalue weighted by Gasteiger charge is -2.21. The second kappa shape index (κ2) is 8.59. The Morgan fingerprint density at radius 2 is 2.05 bits per heavy atom. The summed E-state index contributed by atoms with van der Waals surface area (Å²) < 4.78 is 3.09. The fourth-order valence-corrected chi connectivity index (χ4v) is 4.56. The summed E-state index contributed by atoms with van der Waals surface area (Å²) in [7, 11) is 0. The molecule has 0 saturated heterocycles. The summed E-state index contributed by atoms with van der Waals surface area (Å²) in [4.78, 5) is 12.3. The SMILES string of the molecule is CSC(CO)C(C)NC(=O)c1cc(I)cc(I)c1I. The average molecular weight is 617 g/mol. The van der Waals surface area contributed by atoms with E-state index >= 15 is 0 Å². The average Bonchev–Trinajstić information content (AvgIpc) is 2.35. The highest BCUT2D eigenvalue weighted by Gasteiger charge is 2.20. The van der Waals surface area contributed by atoms with Crippen LogP contribution in [0.2, 0.25) is 0 Å². The number of nitrogens with one attached hydrogen (secondary N) is 1. The fraction of sp³-hybridized carbons (Fsp3) is 0.417. The molecule has 2 N–H and O–H groups in total. The van der Waals surface area contributed by atoms with Crippen molar-refractivity contribution in [3.8, 4) is 0 Å². The third-order valence-corrected chi connectivity index (χ3v) is 7.47. The molecule has 0 radical (unpaired) electrons. The van der Waals surface area contributed by atoms with Gasteiger partial charge >= 0.3 is 0 Å². The van der Waals surface area contributed by atoms with Crippen molar-refractivity contribution in [2.24, 2.45) is 0 Å². The van der Waals surface area contributed by atoms with Crippen LogP contribution in [0.1, 0.15) is 17.3 Å². The molecule has 1 aromatic carbocycles. The van der Waals surface area contributed by atoms with Crippen LogP contribution in [0, 0.1) is 10.7 Å². The fourth-order valence-electron chi connectivity index (χ4n) is 1.54. The Hall–Kier alpha value is 1.19. The standard InChI is InChI=1S/C12H14I3NO2S/c1-6(10(5-17)19-2)16-12(18)8-3-7(13)4-9(14)11(8)15/h3-4,6,10,17H,5H2,1-2H3,(H,16,18). The van der Waals surface area contributed by atoms with Crippen molar-refractivity contribution in [1.29, 1.82) is 0 Å². The maximum atomic E-state index is 12.3. The van der Waals surface area contributed by atoms with Crippen molar-refractivity contribution in [3.05, 3.63) is 28.4 Å². The number of hydrogen-bond donors (Lipinski definition) is 2. The molecular weight excluding hydrogens is 603 g/mol. The number of amides is 1. The third kappa shape index (κ3) is 5.15. The van der Waals surface area contributed by atoms with E-state index in [-0.39, 0.29) is 23.8 Å². The monoisotopic (exact) mass is 617 g/mol. The molecule has 0 spiro atoms. The highest BCUT2D eigenvalue weighted by Crippen LogP contribution is 2.23. The van der Waals surface area contributed by atoms with E-state index in [4.69, 9.17) is 0 Å². The van der Waals surface area contributed by atoms with Gasteiger partial charge < -0.3 is 10.4 Å². The first-order chi connectivity index (χ1) is 8.90. The topological polar surface area (TPSA) is 49.3 Å². The van der Waals surface area contributed by atoms with Gasteiger partial charge in [0.15, 0.2) is 0 Å². The van der Waals surface area contributed by atoms with E-state index in [1.165, 1.54) is 0 Å². The van der Waals surface area contributed by atoms with E-state index in [1.807, 2.05) is 25.3 Å². The van der Waals surface area contributed by atoms with Crippen molar-refractivity contribution in [2.75, 3.05) is 12.9 Å². The number of aliphatic hydroxyl groups excluding tert-OH is 1. The molecule has 3 nitrogen and oxygen atoms in total. The molecule has 19 heavy (non-hydrogen) atoms. The molecule has 0 saturated carbocycles. The van der Waals surface area contributed by atoms with E-state index in [0.29, 0.717) is 5.56 Å². The number of halogens is 3. The predicted octanol–water partition coefficient (Wildman–Crippen LogP) is 3.34. The number of hydrogen-bond acceptors (Lipinski definition) is 3. The van der Waals surface area contributed by atoms with Crippen LogP contribution in [0.15, 0.2) is 12.1 Å². The molecule has 7 heteroatoms. The molecule has 0 bridgehead atoms. The minimum atomic E-state index is -0.0826. The summed E-state index contributed by atoms with van der Waals surface area (Å²) in [5.41, 5.74) is 0.696. The normalized spacial score (nSPS) is 14.0. The van der Waals surface area contributed by atoms with Crippen LogP contribution in [0.5, 0.6) is 0 Å². The molecular formula is C12H14I3NO2S. The Balaban J connectivity index is 2.90. The van der Waals surface area contributed by atoms with Gasteiger partial charge in [0, 0.05) is 22.0 Å². The molecule has 0 fully saturated rings. The second-order valence-electron chi connectivity index (χ2n) is 3.97. The molecule has 1 amide bonds. The van der Waals surface area contributed by atoms with Crippen LogP contribution in [0.25, 0.3) is 0 Å². The van der Waals surface area contributed by atoms with Crippen molar-refractivity contribution in [1.82, 2.24) is 5.32 Å². The highest BCUT2D eigenvalue weighted by atomic mass is 127. The molecule has 0 aliphatic heterocycles. The summed E-state index contributed by atoms with van der Waals surface area (Å²) >= 11 is 8.19. The summed E-state index contributed by atoms with van der Waals surface area (Å²) in [6, 6.07) is 3.86. The number of carbonyl (C=O) groups is 1. The first-order valence-corrected chi connectivity index (χ1v) is 10.0. The molecule has 0 aliphatic rings. The number of carbonyl (C=O) groups excluding carboxylic acids is 1. The molecule has 2 unspecified atom stereocenters. The molecule has 2 atom stereocenters. The van der Waals surface area contributed by atoms with Crippen molar-refractivity contribution in [2.45, 2.75) is 18.2 Å². The third-order valence-electron chi connectivity index (χ3n) is 2.64. The Kier molecular flexibility index (Phi) is 8.24. The molecule has 0 heterocycles. The number of benzene rings is 1. The van der Waals surface area contributed by atoms with Crippen LogP contribution in [-0.2, 0) is 0 Å². The molecule has 1 rings (SSSR count). The van der Waals surface area contributed by atoms with Crippen LogP contribution in [0.4, 0.5) is 0 Å². The van der Waals surface area contributed by atoms with Gasteiger partial charge in [0.25, 0.3) is 5.91 Å². The van der Waals surface area contributed by atoms with Crippen LogP contribution < -0.4 is 5.32 Å². The Morgan fingerprint density at radius 1 is 1.42 bits per heavy atom. The Bertz CT molecular complexity index is 467. The summed E-state index contributed by atoms with van der Waals surface area (Å²) in [6.45, 7) is 1.98. The van der Waals surface area contributed by atoms with Gasteiger partial charge in [-0.25, -0.2) is 0 Å². The predicted molar refractivity (Wildman–Crippen MR) is 106 cm³/mol. The minimum absolute atomic E-state index is 0.0171. The largest absolute Gasteiger partial charge is 0.395 e. The zero-order valence-corrected chi connectivity index (χ0v) is 17.7. The van der Waals surface area contributed by atoms with Crippen LogP contribution in [0.3, 0.4) is 0 Å². The van der Waals surface area contributed by atoms with Crippen LogP contribution >= 0.6 is 79.5 Å². The zero-order chi connectivity index (χ0) is 14.6. The minimum Gasteiger partial charge on any atom is -0.395 e. The van der Waals surface area contributed by atoms with Crippen molar-refractivity contribution in [3.63, 3.8) is 0 Å². The van der Waals surface area contributed by atoms with Gasteiger partial charge in [-0.15, -0.1) is 0 Å². The maximum Gasteiger partial charge on any atom is 0.252 e. The molecule has 0 aromatic heterocycles. The van der Waals surface area contributed by atoms with Gasteiger partial charge in [-0.3, -0.25) is 4.79 Å². The lowest BCUT2D eigenvalue weighted by Crippen LogP contribution is -2.41. The van der Waals surface area contributed by atoms with Gasteiger partial charge in [-0.1, -0.05) is 0 Å². The summed E-state index contributed by atoms with van der Waals surface area (Å²) in [5.74, 6) is -0.0826. The van der Waals surface area contributed by atoms with Crippen molar-refractivity contribution >= 4 is 85.4 Å². The van der Waals surface area contributed by atoms with Crippen molar-refractivity contribution < 1.29 is 9.90 Å². The van der Waals surface area contributed by atoms with E-state index < -0.39 is 0 Å². The van der Waals surface area contributed by atoms with Gasteiger partial charge in [0.05, 0.1) is 12.2 Å². The van der Waals surface area contributed by atoms with Gasteiger partial charge in [-0.2, -0.15) is 11.8 Å². The lowest BCUT2D eigenvalue weighted by molar-refractivity contribution is 0.0935. The number of aliphatic hydroxyl groups is 1. The Labute approximate surface area is 158 Å². The lowest BCUT2D eigenvalue weighted by atomic mass is 10.2. The Morgan fingerprint density at radius 3 is 2.58 bits per heavy atom. The second-order valence-corrected chi connectivity index (χ2v) is 8.53. The smallest absolute Gasteiger partial charge is 0.252 e. The van der Waals surface area contributed by atoms with Crippen LogP contribution in [-0.4, -0.2) is 35.2 Å². The summed E-state index contributed by atoms with van der Waals surface area (Å²) in [6.07, 6.45) is 1.93. The highest BCUT2D eigenvalue weighted by molar-refractivity contribution is 14.1. The van der Waals surface area contributed by atoms with E-state index in [1.54, 1.807) is 11.8 Å². The van der Waals surface area contributed by atoms with Gasteiger partial charge in [0.1, 0.15) is 0 Å². The summed E-state index contributed by atoms with van der Waals surface area (Å²) in [5, 5.41) is 12.2. The number of thioether (sulfide) groups is 1. The molecule has 106 valence electrons. The maximum absolute atomic E-state index is 12.3. The first kappa shape index (κ1) is 18.2. The van der Waals surface area contributed by atoms with E-state index in [2.05, 4.69) is 73.1 Å². The van der Waals surface area contributed by atoms with Gasteiger partial charge in [0.2, 0.25) is 0 Å². The van der Waals surface area contributed by atoms with E-state index in [0.717, 1.165) is 10.7 Å². The van der Waals surface area contributed by atoms with Gasteiger partial charge in [-0.05, 0) is 93.1 Å². The quantitative estimate of drug-likeness (QED) is 0.394. The molecule has 0 aliphatic carbocycles. The van der Waals surface area contributed by atoms with E-state index in [9.17, 15) is 9.90 Å². The first-order valence-electron chi connectivity index (χ1n) is 5.49. The molecule has 1 aromatic rings.